The Morgan fingerprint density at radius 2 is 2.12 bits per heavy atom. The smallest absolute Gasteiger partial charge is 0.166 e. The Kier molecular flexibility index (Phi) is 5.12. The van der Waals surface area contributed by atoms with Crippen molar-refractivity contribution < 1.29 is 8.78 Å². The second-order valence-electron chi connectivity index (χ2n) is 3.74. The van der Waals surface area contributed by atoms with E-state index in [-0.39, 0.29) is 11.6 Å². The van der Waals surface area contributed by atoms with Crippen molar-refractivity contribution in [3.8, 4) is 0 Å². The molecule has 1 nitrogen and oxygen atoms in total. The zero-order valence-corrected chi connectivity index (χ0v) is 9.63. The molecule has 0 fully saturated rings. The highest BCUT2D eigenvalue weighted by molar-refractivity contribution is 5.50. The summed E-state index contributed by atoms with van der Waals surface area (Å²) in [6, 6.07) is 4.33. The molecule has 0 aromatic heterocycles. The average Bonchev–Trinajstić information content (AvgIpc) is 2.28. The van der Waals surface area contributed by atoms with Crippen LogP contribution in [0.1, 0.15) is 25.8 Å². The largest absolute Gasteiger partial charge is 0.311 e. The predicted octanol–water partition coefficient (Wildman–Crippen LogP) is 3.37. The Balaban J connectivity index is 2.65. The molecule has 0 spiro atoms. The highest BCUT2D eigenvalue weighted by atomic mass is 19.2. The van der Waals surface area contributed by atoms with E-state index in [1.165, 1.54) is 6.07 Å². The lowest BCUT2D eigenvalue weighted by atomic mass is 10.1. The summed E-state index contributed by atoms with van der Waals surface area (Å²) >= 11 is 0. The highest BCUT2D eigenvalue weighted by Crippen LogP contribution is 2.12. The standard InChI is InChI=1S/C13H17F2N/c1-3-9-16-10(2)7-8-11-5-4-6-12(14)13(11)15/h4-8,10,16H,3,9H2,1-2H3/b8-7+. The number of hydrogen-bond acceptors (Lipinski definition) is 1. The van der Waals surface area contributed by atoms with Crippen molar-refractivity contribution in [2.24, 2.45) is 0 Å². The fraction of sp³-hybridized carbons (Fsp3) is 0.385. The summed E-state index contributed by atoms with van der Waals surface area (Å²) < 4.78 is 26.1. The van der Waals surface area contributed by atoms with Crippen molar-refractivity contribution >= 4 is 6.08 Å². The second kappa shape index (κ2) is 6.38. The van der Waals surface area contributed by atoms with E-state index in [9.17, 15) is 8.78 Å². The molecule has 0 bridgehead atoms. The van der Waals surface area contributed by atoms with Crippen LogP contribution in [-0.2, 0) is 0 Å². The third-order valence-corrected chi connectivity index (χ3v) is 2.26. The van der Waals surface area contributed by atoms with E-state index in [1.807, 2.05) is 13.0 Å². The average molecular weight is 225 g/mol. The number of halogens is 2. The third-order valence-electron chi connectivity index (χ3n) is 2.26. The van der Waals surface area contributed by atoms with Gasteiger partial charge in [0.2, 0.25) is 0 Å². The number of benzene rings is 1. The van der Waals surface area contributed by atoms with Crippen LogP contribution in [0.4, 0.5) is 8.78 Å². The topological polar surface area (TPSA) is 12.0 Å². The molecule has 1 atom stereocenters. The maximum Gasteiger partial charge on any atom is 0.166 e. The van der Waals surface area contributed by atoms with Gasteiger partial charge in [-0.3, -0.25) is 0 Å². The van der Waals surface area contributed by atoms with Crippen LogP contribution in [0.15, 0.2) is 24.3 Å². The number of hydrogen-bond donors (Lipinski definition) is 1. The first-order chi connectivity index (χ1) is 7.65. The maximum atomic E-state index is 13.3. The van der Waals surface area contributed by atoms with Gasteiger partial charge in [0.15, 0.2) is 11.6 Å². The number of rotatable bonds is 5. The summed E-state index contributed by atoms with van der Waals surface area (Å²) in [5.74, 6) is -1.60. The Morgan fingerprint density at radius 1 is 1.38 bits per heavy atom. The molecule has 3 heteroatoms. The zero-order valence-electron chi connectivity index (χ0n) is 9.63. The summed E-state index contributed by atoms with van der Waals surface area (Å²) in [4.78, 5) is 0. The fourth-order valence-corrected chi connectivity index (χ4v) is 1.34. The van der Waals surface area contributed by atoms with Gasteiger partial charge < -0.3 is 5.32 Å². The molecule has 1 unspecified atom stereocenters. The SMILES string of the molecule is CCCNC(C)/C=C/c1cccc(F)c1F. The van der Waals surface area contributed by atoms with Gasteiger partial charge in [0.05, 0.1) is 0 Å². The van der Waals surface area contributed by atoms with Crippen molar-refractivity contribution in [1.29, 1.82) is 0 Å². The summed E-state index contributed by atoms with van der Waals surface area (Å²) in [7, 11) is 0. The van der Waals surface area contributed by atoms with Gasteiger partial charge in [0.25, 0.3) is 0 Å². The van der Waals surface area contributed by atoms with Gasteiger partial charge in [-0.05, 0) is 26.0 Å². The van der Waals surface area contributed by atoms with Crippen LogP contribution in [0.3, 0.4) is 0 Å². The van der Waals surface area contributed by atoms with Crippen LogP contribution in [-0.4, -0.2) is 12.6 Å². The van der Waals surface area contributed by atoms with Gasteiger partial charge in [-0.2, -0.15) is 0 Å². The molecule has 1 aromatic rings. The fourth-order valence-electron chi connectivity index (χ4n) is 1.34. The predicted molar refractivity (Wildman–Crippen MR) is 63.1 cm³/mol. The molecule has 0 aliphatic rings. The lowest BCUT2D eigenvalue weighted by molar-refractivity contribution is 0.507. The summed E-state index contributed by atoms with van der Waals surface area (Å²) in [6.45, 7) is 4.97. The molecule has 0 heterocycles. The first-order valence-corrected chi connectivity index (χ1v) is 5.50. The van der Waals surface area contributed by atoms with Gasteiger partial charge in [0, 0.05) is 11.6 Å². The molecule has 1 aromatic carbocycles. The van der Waals surface area contributed by atoms with E-state index in [1.54, 1.807) is 12.1 Å². The lowest BCUT2D eigenvalue weighted by Gasteiger charge is -2.07. The summed E-state index contributed by atoms with van der Waals surface area (Å²) in [5.41, 5.74) is 0.283. The first-order valence-electron chi connectivity index (χ1n) is 5.50. The Hall–Kier alpha value is -1.22. The molecular weight excluding hydrogens is 208 g/mol. The van der Waals surface area contributed by atoms with E-state index in [0.29, 0.717) is 0 Å². The van der Waals surface area contributed by atoms with E-state index >= 15 is 0 Å². The maximum absolute atomic E-state index is 13.3. The highest BCUT2D eigenvalue weighted by Gasteiger charge is 2.04. The van der Waals surface area contributed by atoms with E-state index in [0.717, 1.165) is 19.0 Å². The van der Waals surface area contributed by atoms with Crippen molar-refractivity contribution in [2.75, 3.05) is 6.54 Å². The van der Waals surface area contributed by atoms with Crippen molar-refractivity contribution in [3.63, 3.8) is 0 Å². The van der Waals surface area contributed by atoms with Gasteiger partial charge in [-0.25, -0.2) is 8.78 Å². The molecule has 0 saturated carbocycles. The van der Waals surface area contributed by atoms with Gasteiger partial charge in [-0.1, -0.05) is 31.2 Å². The van der Waals surface area contributed by atoms with E-state index in [2.05, 4.69) is 12.2 Å². The Morgan fingerprint density at radius 3 is 2.81 bits per heavy atom. The molecular formula is C13H17F2N. The van der Waals surface area contributed by atoms with Crippen molar-refractivity contribution in [3.05, 3.63) is 41.5 Å². The lowest BCUT2D eigenvalue weighted by Crippen LogP contribution is -2.24. The van der Waals surface area contributed by atoms with Crippen molar-refractivity contribution in [2.45, 2.75) is 26.3 Å². The summed E-state index contributed by atoms with van der Waals surface area (Å²) in [6.07, 6.45) is 4.48. The zero-order chi connectivity index (χ0) is 12.0. The summed E-state index contributed by atoms with van der Waals surface area (Å²) in [5, 5.41) is 3.23. The van der Waals surface area contributed by atoms with Crippen molar-refractivity contribution in [1.82, 2.24) is 5.32 Å². The molecule has 1 rings (SSSR count). The van der Waals surface area contributed by atoms with Gasteiger partial charge in [0.1, 0.15) is 0 Å². The Bertz CT molecular complexity index is 361. The quantitative estimate of drug-likeness (QED) is 0.810. The third kappa shape index (κ3) is 3.74. The van der Waals surface area contributed by atoms with Crippen LogP contribution in [0.2, 0.25) is 0 Å². The molecule has 1 N–H and O–H groups in total. The van der Waals surface area contributed by atoms with Crippen LogP contribution < -0.4 is 5.32 Å². The van der Waals surface area contributed by atoms with Gasteiger partial charge in [-0.15, -0.1) is 0 Å². The number of nitrogens with one attached hydrogen (secondary N) is 1. The van der Waals surface area contributed by atoms with Crippen LogP contribution in [0, 0.1) is 11.6 Å². The van der Waals surface area contributed by atoms with E-state index < -0.39 is 11.6 Å². The van der Waals surface area contributed by atoms with Gasteiger partial charge >= 0.3 is 0 Å². The van der Waals surface area contributed by atoms with Crippen LogP contribution in [0.5, 0.6) is 0 Å². The minimum Gasteiger partial charge on any atom is -0.311 e. The minimum atomic E-state index is -0.809. The molecule has 0 saturated heterocycles. The van der Waals surface area contributed by atoms with E-state index in [4.69, 9.17) is 0 Å². The molecule has 16 heavy (non-hydrogen) atoms. The molecule has 0 aliphatic heterocycles. The molecule has 0 radical (unpaired) electrons. The second-order valence-corrected chi connectivity index (χ2v) is 3.74. The molecule has 0 aliphatic carbocycles. The normalized spacial score (nSPS) is 13.2. The molecule has 88 valence electrons. The van der Waals surface area contributed by atoms with Crippen LogP contribution in [0.25, 0.3) is 6.08 Å². The Labute approximate surface area is 95.2 Å². The minimum absolute atomic E-state index is 0.155. The first kappa shape index (κ1) is 12.8. The van der Waals surface area contributed by atoms with Crippen LogP contribution >= 0.6 is 0 Å². The monoisotopic (exact) mass is 225 g/mol. The molecule has 0 amide bonds.